The van der Waals surface area contributed by atoms with Gasteiger partial charge in [0.15, 0.2) is 0 Å². The zero-order chi connectivity index (χ0) is 11.3. The Labute approximate surface area is 89.5 Å². The van der Waals surface area contributed by atoms with Crippen LogP contribution < -0.4 is 5.32 Å². The molecule has 0 spiro atoms. The van der Waals surface area contributed by atoms with Gasteiger partial charge in [0.25, 0.3) is 0 Å². The summed E-state index contributed by atoms with van der Waals surface area (Å²) < 4.78 is 27.0. The topological polar surface area (TPSA) is 12.0 Å². The van der Waals surface area contributed by atoms with E-state index in [0.717, 1.165) is 18.4 Å². The molecule has 0 aliphatic carbocycles. The van der Waals surface area contributed by atoms with E-state index in [9.17, 15) is 8.78 Å². The van der Waals surface area contributed by atoms with Crippen LogP contribution in [0.5, 0.6) is 0 Å². The van der Waals surface area contributed by atoms with Crippen molar-refractivity contribution in [3.8, 4) is 0 Å². The van der Waals surface area contributed by atoms with Crippen molar-refractivity contribution in [2.24, 2.45) is 0 Å². The molecular weight excluding hydrogens is 196 g/mol. The van der Waals surface area contributed by atoms with Crippen LogP contribution in [0.1, 0.15) is 30.9 Å². The molecule has 84 valence electrons. The minimum atomic E-state index is -2.91. The standard InChI is InChI=1S/C12H17F2N/c1-3-4-9-15-12(13,14)11-7-5-10(2)6-8-11/h5-8,15H,3-4,9H2,1-2H3. The molecule has 0 aromatic heterocycles. The molecule has 0 radical (unpaired) electrons. The van der Waals surface area contributed by atoms with E-state index in [-0.39, 0.29) is 5.56 Å². The Hall–Kier alpha value is -0.960. The van der Waals surface area contributed by atoms with Crippen LogP contribution in [0.3, 0.4) is 0 Å². The highest BCUT2D eigenvalue weighted by Crippen LogP contribution is 2.24. The maximum atomic E-state index is 13.5. The van der Waals surface area contributed by atoms with Gasteiger partial charge in [0.05, 0.1) is 0 Å². The molecule has 0 fully saturated rings. The van der Waals surface area contributed by atoms with Crippen molar-refractivity contribution in [1.82, 2.24) is 5.32 Å². The molecule has 0 bridgehead atoms. The molecule has 0 aliphatic heterocycles. The zero-order valence-electron chi connectivity index (χ0n) is 9.19. The van der Waals surface area contributed by atoms with Gasteiger partial charge in [-0.2, -0.15) is 8.78 Å². The second-order valence-electron chi connectivity index (χ2n) is 3.72. The quantitative estimate of drug-likeness (QED) is 0.583. The summed E-state index contributed by atoms with van der Waals surface area (Å²) >= 11 is 0. The van der Waals surface area contributed by atoms with Crippen molar-refractivity contribution in [3.05, 3.63) is 35.4 Å². The molecule has 0 aliphatic rings. The average Bonchev–Trinajstić information content (AvgIpc) is 2.18. The number of rotatable bonds is 5. The summed E-state index contributed by atoms with van der Waals surface area (Å²) in [5.41, 5.74) is 1.02. The molecule has 0 unspecified atom stereocenters. The lowest BCUT2D eigenvalue weighted by atomic mass is 10.1. The minimum absolute atomic E-state index is 0.0317. The van der Waals surface area contributed by atoms with E-state index in [1.165, 1.54) is 12.1 Å². The molecule has 1 aromatic carbocycles. The molecule has 1 aromatic rings. The molecule has 3 heteroatoms. The summed E-state index contributed by atoms with van der Waals surface area (Å²) in [6, 6.07) is 3.42. The Kier molecular flexibility index (Phi) is 4.21. The maximum absolute atomic E-state index is 13.5. The van der Waals surface area contributed by atoms with Gasteiger partial charge in [-0.1, -0.05) is 43.2 Å². The van der Waals surface area contributed by atoms with Crippen molar-refractivity contribution >= 4 is 0 Å². The van der Waals surface area contributed by atoms with Crippen LogP contribution >= 0.6 is 0 Å². The second kappa shape index (κ2) is 5.21. The first-order valence-corrected chi connectivity index (χ1v) is 5.26. The van der Waals surface area contributed by atoms with Gasteiger partial charge in [0.2, 0.25) is 0 Å². The van der Waals surface area contributed by atoms with Crippen LogP contribution in [0.4, 0.5) is 8.78 Å². The predicted octanol–water partition coefficient (Wildman–Crippen LogP) is 3.43. The van der Waals surface area contributed by atoms with Crippen LogP contribution in [0.15, 0.2) is 24.3 Å². The van der Waals surface area contributed by atoms with Crippen molar-refractivity contribution in [1.29, 1.82) is 0 Å². The normalized spacial score (nSPS) is 11.7. The predicted molar refractivity (Wildman–Crippen MR) is 58.0 cm³/mol. The van der Waals surface area contributed by atoms with Gasteiger partial charge in [-0.15, -0.1) is 0 Å². The minimum Gasteiger partial charge on any atom is -0.254 e. The molecule has 0 atom stereocenters. The molecule has 0 saturated heterocycles. The Morgan fingerprint density at radius 3 is 2.33 bits per heavy atom. The number of halogens is 2. The summed E-state index contributed by atoms with van der Waals surface area (Å²) in [7, 11) is 0. The fourth-order valence-corrected chi connectivity index (χ4v) is 1.29. The van der Waals surface area contributed by atoms with Gasteiger partial charge < -0.3 is 0 Å². The van der Waals surface area contributed by atoms with Crippen LogP contribution in [0.2, 0.25) is 0 Å². The first-order valence-electron chi connectivity index (χ1n) is 5.26. The van der Waals surface area contributed by atoms with Gasteiger partial charge >= 0.3 is 6.05 Å². The first kappa shape index (κ1) is 12.1. The van der Waals surface area contributed by atoms with E-state index in [1.54, 1.807) is 12.1 Å². The van der Waals surface area contributed by atoms with Crippen LogP contribution in [0.25, 0.3) is 0 Å². The van der Waals surface area contributed by atoms with Crippen molar-refractivity contribution in [3.63, 3.8) is 0 Å². The molecule has 0 amide bonds. The summed E-state index contributed by atoms with van der Waals surface area (Å²) in [5.74, 6) is 0. The second-order valence-corrected chi connectivity index (χ2v) is 3.72. The third-order valence-electron chi connectivity index (χ3n) is 2.29. The number of alkyl halides is 2. The summed E-state index contributed by atoms with van der Waals surface area (Å²) in [6.07, 6.45) is 1.68. The Balaban J connectivity index is 2.63. The van der Waals surface area contributed by atoms with Crippen LogP contribution in [-0.2, 0) is 6.05 Å². The number of hydrogen-bond donors (Lipinski definition) is 1. The van der Waals surface area contributed by atoms with E-state index in [0.29, 0.717) is 6.54 Å². The highest BCUT2D eigenvalue weighted by molar-refractivity contribution is 5.24. The van der Waals surface area contributed by atoms with Gasteiger partial charge in [0.1, 0.15) is 0 Å². The van der Waals surface area contributed by atoms with E-state index in [4.69, 9.17) is 0 Å². The average molecular weight is 213 g/mol. The fourth-order valence-electron chi connectivity index (χ4n) is 1.29. The van der Waals surface area contributed by atoms with Gasteiger partial charge in [0, 0.05) is 12.1 Å². The number of aryl methyl sites for hydroxylation is 1. The summed E-state index contributed by atoms with van der Waals surface area (Å²) in [4.78, 5) is 0. The molecule has 15 heavy (non-hydrogen) atoms. The van der Waals surface area contributed by atoms with Gasteiger partial charge in [-0.3, -0.25) is 5.32 Å². The third kappa shape index (κ3) is 3.59. The monoisotopic (exact) mass is 213 g/mol. The van der Waals surface area contributed by atoms with Gasteiger partial charge in [-0.05, 0) is 13.3 Å². The maximum Gasteiger partial charge on any atom is 0.329 e. The number of benzene rings is 1. The molecular formula is C12H17F2N. The molecule has 1 rings (SSSR count). The lowest BCUT2D eigenvalue weighted by Gasteiger charge is -2.18. The lowest BCUT2D eigenvalue weighted by molar-refractivity contribution is -0.0410. The molecule has 0 saturated carbocycles. The van der Waals surface area contributed by atoms with Crippen molar-refractivity contribution in [2.45, 2.75) is 32.7 Å². The molecule has 0 heterocycles. The largest absolute Gasteiger partial charge is 0.329 e. The Morgan fingerprint density at radius 1 is 1.20 bits per heavy atom. The highest BCUT2D eigenvalue weighted by atomic mass is 19.3. The Bertz CT molecular complexity index is 293. The number of nitrogens with one attached hydrogen (secondary N) is 1. The van der Waals surface area contributed by atoms with E-state index in [1.807, 2.05) is 13.8 Å². The lowest BCUT2D eigenvalue weighted by Crippen LogP contribution is -2.34. The SMILES string of the molecule is CCCCNC(F)(F)c1ccc(C)cc1. The highest BCUT2D eigenvalue weighted by Gasteiger charge is 2.29. The first-order chi connectivity index (χ1) is 7.06. The van der Waals surface area contributed by atoms with Crippen molar-refractivity contribution < 1.29 is 8.78 Å². The zero-order valence-corrected chi connectivity index (χ0v) is 9.19. The Morgan fingerprint density at radius 2 is 1.80 bits per heavy atom. The van der Waals surface area contributed by atoms with Gasteiger partial charge in [-0.25, -0.2) is 0 Å². The van der Waals surface area contributed by atoms with Crippen LogP contribution in [-0.4, -0.2) is 6.54 Å². The smallest absolute Gasteiger partial charge is 0.254 e. The van der Waals surface area contributed by atoms with E-state index < -0.39 is 6.05 Å². The molecule has 1 nitrogen and oxygen atoms in total. The van der Waals surface area contributed by atoms with E-state index >= 15 is 0 Å². The van der Waals surface area contributed by atoms with Crippen LogP contribution in [0, 0.1) is 6.92 Å². The summed E-state index contributed by atoms with van der Waals surface area (Å²) in [6.45, 7) is 4.20. The molecule has 1 N–H and O–H groups in total. The number of unbranched alkanes of at least 4 members (excludes halogenated alkanes) is 1. The number of hydrogen-bond acceptors (Lipinski definition) is 1. The van der Waals surface area contributed by atoms with Crippen molar-refractivity contribution in [2.75, 3.05) is 6.54 Å². The summed E-state index contributed by atoms with van der Waals surface area (Å²) in [5, 5.41) is 2.26. The van der Waals surface area contributed by atoms with E-state index in [2.05, 4.69) is 5.32 Å². The third-order valence-corrected chi connectivity index (χ3v) is 2.29. The fraction of sp³-hybridized carbons (Fsp3) is 0.500.